The molecule has 7 nitrogen and oxygen atoms in total. The number of rotatable bonds is 2. The maximum absolute atomic E-state index is 10.9. The van der Waals surface area contributed by atoms with E-state index in [4.69, 9.17) is 4.74 Å². The maximum atomic E-state index is 10.9. The molecule has 2 N–H and O–H groups in total. The summed E-state index contributed by atoms with van der Waals surface area (Å²) in [4.78, 5) is 18.9. The number of hydrogen-bond acceptors (Lipinski definition) is 5. The zero-order chi connectivity index (χ0) is 11.4. The molecular weight excluding hydrogens is 210 g/mol. The first kappa shape index (κ1) is 10.1. The van der Waals surface area contributed by atoms with Crippen LogP contribution in [-0.4, -0.2) is 33.3 Å². The number of amides is 1. The number of nitrogens with one attached hydrogen (secondary N) is 2. The molecule has 2 heterocycles. The molecule has 0 aliphatic carbocycles. The fourth-order valence-corrected chi connectivity index (χ4v) is 1.04. The van der Waals surface area contributed by atoms with Crippen LogP contribution >= 0.6 is 0 Å². The molecule has 2 aromatic rings. The van der Waals surface area contributed by atoms with Gasteiger partial charge in [0.1, 0.15) is 5.69 Å². The number of pyridine rings is 1. The molecule has 0 bridgehead atoms. The predicted octanol–water partition coefficient (Wildman–Crippen LogP) is 0.585. The van der Waals surface area contributed by atoms with Crippen molar-refractivity contribution >= 4 is 6.09 Å². The van der Waals surface area contributed by atoms with E-state index in [9.17, 15) is 4.79 Å². The van der Waals surface area contributed by atoms with E-state index in [2.05, 4.69) is 25.5 Å². The second-order valence-corrected chi connectivity index (χ2v) is 2.82. The van der Waals surface area contributed by atoms with Crippen LogP contribution in [0.1, 0.15) is 0 Å². The first-order valence-electron chi connectivity index (χ1n) is 4.53. The van der Waals surface area contributed by atoms with Crippen LogP contribution in [0.25, 0.3) is 11.5 Å². The van der Waals surface area contributed by atoms with Crippen LogP contribution in [-0.2, 0) is 0 Å². The minimum absolute atomic E-state index is 0.0417. The first-order chi connectivity index (χ1) is 7.79. The van der Waals surface area contributed by atoms with Crippen LogP contribution < -0.4 is 10.1 Å². The van der Waals surface area contributed by atoms with Crippen molar-refractivity contribution in [3.05, 3.63) is 24.4 Å². The van der Waals surface area contributed by atoms with Crippen molar-refractivity contribution in [2.24, 2.45) is 0 Å². The molecule has 1 amide bonds. The number of carbonyl (C=O) groups excluding carboxylic acids is 1. The van der Waals surface area contributed by atoms with Crippen molar-refractivity contribution in [2.75, 3.05) is 7.05 Å². The van der Waals surface area contributed by atoms with E-state index in [1.54, 1.807) is 18.3 Å². The SMILES string of the molecule is CNC(=O)Oc1n[nH]c(-c2ccccn2)n1. The molecule has 0 aromatic carbocycles. The second kappa shape index (κ2) is 4.39. The molecular formula is C9H9N5O2. The summed E-state index contributed by atoms with van der Waals surface area (Å²) in [5, 5.41) is 8.64. The van der Waals surface area contributed by atoms with Crippen LogP contribution in [0.5, 0.6) is 6.01 Å². The summed E-state index contributed by atoms with van der Waals surface area (Å²) in [5.41, 5.74) is 0.627. The monoisotopic (exact) mass is 219 g/mol. The molecule has 0 atom stereocenters. The number of aromatic amines is 1. The molecule has 0 aliphatic heterocycles. The van der Waals surface area contributed by atoms with Crippen molar-refractivity contribution in [3.63, 3.8) is 0 Å². The summed E-state index contributed by atoms with van der Waals surface area (Å²) in [6.07, 6.45) is 1.02. The Balaban J connectivity index is 2.17. The van der Waals surface area contributed by atoms with Gasteiger partial charge in [0.15, 0.2) is 5.82 Å². The van der Waals surface area contributed by atoms with E-state index in [0.717, 1.165) is 0 Å². The number of ether oxygens (including phenoxy) is 1. The van der Waals surface area contributed by atoms with Crippen molar-refractivity contribution in [1.29, 1.82) is 0 Å². The van der Waals surface area contributed by atoms with E-state index in [1.807, 2.05) is 6.07 Å². The molecule has 0 spiro atoms. The van der Waals surface area contributed by atoms with E-state index in [-0.39, 0.29) is 6.01 Å². The third-order valence-electron chi connectivity index (χ3n) is 1.76. The molecule has 0 saturated carbocycles. The summed E-state index contributed by atoms with van der Waals surface area (Å²) in [6.45, 7) is 0. The third kappa shape index (κ3) is 2.14. The number of H-pyrrole nitrogens is 1. The van der Waals surface area contributed by atoms with Gasteiger partial charge >= 0.3 is 12.1 Å². The third-order valence-corrected chi connectivity index (χ3v) is 1.76. The van der Waals surface area contributed by atoms with Gasteiger partial charge in [-0.2, -0.15) is 4.98 Å². The highest BCUT2D eigenvalue weighted by Crippen LogP contribution is 2.12. The van der Waals surface area contributed by atoms with E-state index >= 15 is 0 Å². The number of hydrogen-bond donors (Lipinski definition) is 2. The lowest BCUT2D eigenvalue weighted by molar-refractivity contribution is 0.199. The van der Waals surface area contributed by atoms with Crippen LogP contribution in [0.2, 0.25) is 0 Å². The minimum Gasteiger partial charge on any atom is -0.373 e. The zero-order valence-corrected chi connectivity index (χ0v) is 8.47. The molecule has 2 aromatic heterocycles. The van der Waals surface area contributed by atoms with Crippen LogP contribution in [0.15, 0.2) is 24.4 Å². The van der Waals surface area contributed by atoms with E-state index < -0.39 is 6.09 Å². The fraction of sp³-hybridized carbons (Fsp3) is 0.111. The first-order valence-corrected chi connectivity index (χ1v) is 4.53. The molecule has 0 fully saturated rings. The molecule has 0 unspecified atom stereocenters. The van der Waals surface area contributed by atoms with Crippen LogP contribution in [0.4, 0.5) is 4.79 Å². The van der Waals surface area contributed by atoms with Gasteiger partial charge < -0.3 is 10.1 Å². The lowest BCUT2D eigenvalue weighted by Crippen LogP contribution is -2.22. The smallest absolute Gasteiger partial charge is 0.373 e. The zero-order valence-electron chi connectivity index (χ0n) is 8.47. The molecule has 2 rings (SSSR count). The van der Waals surface area contributed by atoms with Gasteiger partial charge in [-0.3, -0.25) is 10.1 Å². The average molecular weight is 219 g/mol. The Kier molecular flexibility index (Phi) is 2.77. The van der Waals surface area contributed by atoms with Crippen molar-refractivity contribution in [1.82, 2.24) is 25.5 Å². The molecule has 7 heteroatoms. The Labute approximate surface area is 90.9 Å². The number of nitrogens with zero attached hydrogens (tertiary/aromatic N) is 3. The highest BCUT2D eigenvalue weighted by atomic mass is 16.6. The fourth-order valence-electron chi connectivity index (χ4n) is 1.04. The Morgan fingerprint density at radius 1 is 1.50 bits per heavy atom. The molecule has 0 radical (unpaired) electrons. The van der Waals surface area contributed by atoms with E-state index in [0.29, 0.717) is 11.5 Å². The van der Waals surface area contributed by atoms with Crippen LogP contribution in [0, 0.1) is 0 Å². The Bertz CT molecular complexity index is 482. The second-order valence-electron chi connectivity index (χ2n) is 2.82. The summed E-state index contributed by atoms with van der Waals surface area (Å²) < 4.78 is 4.73. The van der Waals surface area contributed by atoms with Crippen molar-refractivity contribution in [2.45, 2.75) is 0 Å². The highest BCUT2D eigenvalue weighted by molar-refractivity contribution is 5.69. The molecule has 16 heavy (non-hydrogen) atoms. The van der Waals surface area contributed by atoms with Gasteiger partial charge in [0.05, 0.1) is 0 Å². The van der Waals surface area contributed by atoms with Crippen molar-refractivity contribution < 1.29 is 9.53 Å². The molecule has 0 aliphatic rings. The maximum Gasteiger partial charge on any atom is 0.414 e. The van der Waals surface area contributed by atoms with Gasteiger partial charge in [-0.05, 0) is 12.1 Å². The largest absolute Gasteiger partial charge is 0.414 e. The normalized spacial score (nSPS) is 9.81. The van der Waals surface area contributed by atoms with Gasteiger partial charge in [0.2, 0.25) is 0 Å². The van der Waals surface area contributed by atoms with Crippen LogP contribution in [0.3, 0.4) is 0 Å². The lowest BCUT2D eigenvalue weighted by atomic mass is 10.3. The van der Waals surface area contributed by atoms with Gasteiger partial charge in [-0.25, -0.2) is 4.79 Å². The van der Waals surface area contributed by atoms with Gasteiger partial charge in [0.25, 0.3) is 0 Å². The number of carbonyl (C=O) groups is 1. The summed E-state index contributed by atoms with van der Waals surface area (Å²) >= 11 is 0. The topological polar surface area (TPSA) is 92.8 Å². The lowest BCUT2D eigenvalue weighted by Gasteiger charge is -1.95. The average Bonchev–Trinajstić information content (AvgIpc) is 2.78. The standard InChI is InChI=1S/C9H9N5O2/c1-10-9(15)16-8-12-7(13-14-8)6-4-2-3-5-11-6/h2-5H,1H3,(H,10,15)(H,12,13,14). The summed E-state index contributed by atoms with van der Waals surface area (Å²) in [7, 11) is 1.45. The van der Waals surface area contributed by atoms with Gasteiger partial charge in [0, 0.05) is 13.2 Å². The quantitative estimate of drug-likeness (QED) is 0.770. The van der Waals surface area contributed by atoms with E-state index in [1.165, 1.54) is 7.05 Å². The predicted molar refractivity (Wildman–Crippen MR) is 54.7 cm³/mol. The van der Waals surface area contributed by atoms with Crippen molar-refractivity contribution in [3.8, 4) is 17.5 Å². The molecule has 0 saturated heterocycles. The highest BCUT2D eigenvalue weighted by Gasteiger charge is 2.09. The van der Waals surface area contributed by atoms with Gasteiger partial charge in [-0.1, -0.05) is 6.07 Å². The summed E-state index contributed by atoms with van der Waals surface area (Å²) in [5.74, 6) is 0.444. The Morgan fingerprint density at radius 3 is 3.06 bits per heavy atom. The number of aromatic nitrogens is 4. The minimum atomic E-state index is -0.619. The summed E-state index contributed by atoms with van der Waals surface area (Å²) in [6, 6.07) is 5.34. The van der Waals surface area contributed by atoms with Gasteiger partial charge in [-0.15, -0.1) is 5.10 Å². The Morgan fingerprint density at radius 2 is 2.38 bits per heavy atom. The Hall–Kier alpha value is -2.44. The molecule has 82 valence electrons.